The molecule has 0 radical (unpaired) electrons. The van der Waals surface area contributed by atoms with Crippen molar-refractivity contribution in [2.75, 3.05) is 20.0 Å². The van der Waals surface area contributed by atoms with Crippen molar-refractivity contribution in [2.24, 2.45) is 11.8 Å². The van der Waals surface area contributed by atoms with Crippen LogP contribution < -0.4 is 0 Å². The highest BCUT2D eigenvalue weighted by Crippen LogP contribution is 1.95. The highest BCUT2D eigenvalue weighted by atomic mass is 16.7. The lowest BCUT2D eigenvalue weighted by molar-refractivity contribution is -0.0687. The summed E-state index contributed by atoms with van der Waals surface area (Å²) in [5.41, 5.74) is 0. The first kappa shape index (κ1) is 18.7. The number of hydrogen-bond acceptors (Lipinski definition) is 2. The summed E-state index contributed by atoms with van der Waals surface area (Å²) in [6.07, 6.45) is 0. The maximum atomic E-state index is 5.22. The van der Waals surface area contributed by atoms with Gasteiger partial charge in [-0.3, -0.25) is 0 Å². The molecular formula is C11H28O2. The summed E-state index contributed by atoms with van der Waals surface area (Å²) in [4.78, 5) is 0. The van der Waals surface area contributed by atoms with Gasteiger partial charge in [0.25, 0.3) is 0 Å². The number of rotatable bonds is 6. The number of ether oxygens (including phenoxy) is 2. The van der Waals surface area contributed by atoms with Crippen LogP contribution in [-0.4, -0.2) is 20.0 Å². The Morgan fingerprint density at radius 2 is 1.08 bits per heavy atom. The molecule has 0 amide bonds. The molecule has 0 atom stereocenters. The van der Waals surface area contributed by atoms with Crippen molar-refractivity contribution >= 4 is 0 Å². The van der Waals surface area contributed by atoms with Crippen LogP contribution in [0.1, 0.15) is 42.5 Å². The zero-order valence-corrected chi connectivity index (χ0v) is 8.09. The lowest BCUT2D eigenvalue weighted by Gasteiger charge is -2.08. The van der Waals surface area contributed by atoms with Crippen LogP contribution in [0.4, 0.5) is 0 Å². The first-order valence-corrected chi connectivity index (χ1v) is 4.28. The molecule has 0 saturated heterocycles. The van der Waals surface area contributed by atoms with Crippen molar-refractivity contribution in [3.05, 3.63) is 0 Å². The monoisotopic (exact) mass is 192 g/mol. The van der Waals surface area contributed by atoms with Crippen LogP contribution in [0, 0.1) is 11.8 Å². The average Bonchev–Trinajstić information content (AvgIpc) is 1.85. The topological polar surface area (TPSA) is 18.5 Å². The second-order valence-corrected chi connectivity index (χ2v) is 3.65. The van der Waals surface area contributed by atoms with Gasteiger partial charge in [-0.2, -0.15) is 0 Å². The summed E-state index contributed by atoms with van der Waals surface area (Å²) in [5, 5.41) is 0. The van der Waals surface area contributed by atoms with Crippen molar-refractivity contribution < 1.29 is 9.47 Å². The summed E-state index contributed by atoms with van der Waals surface area (Å²) in [7, 11) is 0. The van der Waals surface area contributed by atoms with Gasteiger partial charge in [-0.05, 0) is 11.8 Å². The molecule has 0 rings (SSSR count). The summed E-state index contributed by atoms with van der Waals surface area (Å²) in [5.74, 6) is 1.19. The molecule has 0 fully saturated rings. The lowest BCUT2D eigenvalue weighted by atomic mass is 10.2. The van der Waals surface area contributed by atoms with E-state index in [0.717, 1.165) is 13.2 Å². The van der Waals surface area contributed by atoms with Crippen LogP contribution in [-0.2, 0) is 9.47 Å². The molecular weight excluding hydrogens is 164 g/mol. The van der Waals surface area contributed by atoms with Gasteiger partial charge >= 0.3 is 0 Å². The quantitative estimate of drug-likeness (QED) is 0.473. The van der Waals surface area contributed by atoms with Gasteiger partial charge in [-0.25, -0.2) is 0 Å². The fourth-order valence-electron chi connectivity index (χ4n) is 0.627. The van der Waals surface area contributed by atoms with Crippen LogP contribution in [0.3, 0.4) is 0 Å². The Morgan fingerprint density at radius 3 is 1.31 bits per heavy atom. The fourth-order valence-corrected chi connectivity index (χ4v) is 0.627. The Labute approximate surface area is 84.6 Å². The first-order chi connectivity index (χ1) is 5.13. The van der Waals surface area contributed by atoms with Crippen molar-refractivity contribution in [3.63, 3.8) is 0 Å². The molecule has 13 heavy (non-hydrogen) atoms. The minimum atomic E-state index is 0. The average molecular weight is 192 g/mol. The van der Waals surface area contributed by atoms with E-state index in [2.05, 4.69) is 27.7 Å². The molecule has 0 aliphatic rings. The minimum Gasteiger partial charge on any atom is -0.355 e. The predicted molar refractivity (Wildman–Crippen MR) is 59.9 cm³/mol. The minimum absolute atomic E-state index is 0. The van der Waals surface area contributed by atoms with Crippen molar-refractivity contribution in [3.8, 4) is 0 Å². The Kier molecular flexibility index (Phi) is 17.1. The normalized spacial score (nSPS) is 9.69. The zero-order chi connectivity index (χ0) is 8.69. The molecule has 2 heteroatoms. The molecule has 0 heterocycles. The van der Waals surface area contributed by atoms with E-state index in [4.69, 9.17) is 9.47 Å². The van der Waals surface area contributed by atoms with E-state index in [1.54, 1.807) is 0 Å². The van der Waals surface area contributed by atoms with Crippen LogP contribution in [0.15, 0.2) is 0 Å². The Hall–Kier alpha value is -0.0800. The molecule has 0 aromatic heterocycles. The predicted octanol–water partition coefficient (Wildman–Crippen LogP) is 3.56. The van der Waals surface area contributed by atoms with E-state index in [1.807, 2.05) is 0 Å². The molecule has 0 bridgehead atoms. The standard InChI is InChI=1S/C9H20O2.2CH4/c1-8(2)5-10-7-11-6-9(3)4;;/h8-9H,5-7H2,1-4H3;2*1H4. The van der Waals surface area contributed by atoms with Gasteiger partial charge < -0.3 is 9.47 Å². The SMILES string of the molecule is C.C.CC(C)COCOCC(C)C. The second-order valence-electron chi connectivity index (χ2n) is 3.65. The lowest BCUT2D eigenvalue weighted by Crippen LogP contribution is -2.09. The highest BCUT2D eigenvalue weighted by Gasteiger charge is 1.95. The molecule has 0 aliphatic carbocycles. The first-order valence-electron chi connectivity index (χ1n) is 4.28. The van der Waals surface area contributed by atoms with E-state index in [1.165, 1.54) is 0 Å². The molecule has 0 N–H and O–H groups in total. The summed E-state index contributed by atoms with van der Waals surface area (Å²) < 4.78 is 10.4. The largest absolute Gasteiger partial charge is 0.355 e. The molecule has 0 aromatic rings. The maximum Gasteiger partial charge on any atom is 0.146 e. The van der Waals surface area contributed by atoms with E-state index in [-0.39, 0.29) is 14.9 Å². The van der Waals surface area contributed by atoms with Gasteiger partial charge in [0.15, 0.2) is 0 Å². The molecule has 0 aromatic carbocycles. The van der Waals surface area contributed by atoms with Crippen LogP contribution in [0.25, 0.3) is 0 Å². The summed E-state index contributed by atoms with van der Waals surface area (Å²) >= 11 is 0. The van der Waals surface area contributed by atoms with Gasteiger partial charge in [-0.15, -0.1) is 0 Å². The van der Waals surface area contributed by atoms with Crippen molar-refractivity contribution in [2.45, 2.75) is 42.5 Å². The number of hydrogen-bond donors (Lipinski definition) is 0. The van der Waals surface area contributed by atoms with E-state index < -0.39 is 0 Å². The maximum absolute atomic E-state index is 5.22. The van der Waals surface area contributed by atoms with Gasteiger partial charge in [0.1, 0.15) is 6.79 Å². The van der Waals surface area contributed by atoms with Gasteiger partial charge in [0.2, 0.25) is 0 Å². The second kappa shape index (κ2) is 11.9. The zero-order valence-electron chi connectivity index (χ0n) is 8.09. The van der Waals surface area contributed by atoms with E-state index >= 15 is 0 Å². The van der Waals surface area contributed by atoms with Crippen molar-refractivity contribution in [1.29, 1.82) is 0 Å². The highest BCUT2D eigenvalue weighted by molar-refractivity contribution is 4.38. The third kappa shape index (κ3) is 18.7. The molecule has 0 spiro atoms. The summed E-state index contributed by atoms with van der Waals surface area (Å²) in [6.45, 7) is 10.5. The van der Waals surface area contributed by atoms with Crippen LogP contribution in [0.5, 0.6) is 0 Å². The van der Waals surface area contributed by atoms with E-state index in [9.17, 15) is 0 Å². The molecule has 0 saturated carbocycles. The van der Waals surface area contributed by atoms with Crippen LogP contribution >= 0.6 is 0 Å². The summed E-state index contributed by atoms with van der Waals surface area (Å²) in [6, 6.07) is 0. The third-order valence-electron chi connectivity index (χ3n) is 1.07. The molecule has 0 unspecified atom stereocenters. The van der Waals surface area contributed by atoms with E-state index in [0.29, 0.717) is 18.6 Å². The van der Waals surface area contributed by atoms with Gasteiger partial charge in [0, 0.05) is 0 Å². The Morgan fingerprint density at radius 1 is 0.769 bits per heavy atom. The molecule has 0 aliphatic heterocycles. The van der Waals surface area contributed by atoms with Crippen molar-refractivity contribution in [1.82, 2.24) is 0 Å². The fraction of sp³-hybridized carbons (Fsp3) is 1.00. The van der Waals surface area contributed by atoms with Gasteiger partial charge in [0.05, 0.1) is 13.2 Å². The van der Waals surface area contributed by atoms with Crippen LogP contribution in [0.2, 0.25) is 0 Å². The van der Waals surface area contributed by atoms with Gasteiger partial charge in [-0.1, -0.05) is 42.5 Å². The Bertz CT molecular complexity index is 70.2. The smallest absolute Gasteiger partial charge is 0.146 e. The Balaban J connectivity index is -0.000000500. The molecule has 84 valence electrons. The third-order valence-corrected chi connectivity index (χ3v) is 1.07. The molecule has 2 nitrogen and oxygen atoms in total.